The number of methoxy groups -OCH3 is 1. The summed E-state index contributed by atoms with van der Waals surface area (Å²) in [6, 6.07) is 4.88. The molecule has 2 N–H and O–H groups in total. The van der Waals surface area contributed by atoms with Gasteiger partial charge >= 0.3 is 0 Å². The van der Waals surface area contributed by atoms with E-state index < -0.39 is 4.92 Å². The first kappa shape index (κ1) is 16.0. The first-order valence-electron chi connectivity index (χ1n) is 5.85. The Morgan fingerprint density at radius 3 is 3.00 bits per heavy atom. The van der Waals surface area contributed by atoms with Gasteiger partial charge in [0.2, 0.25) is 0 Å². The molecule has 1 rings (SSSR count). The van der Waals surface area contributed by atoms with Gasteiger partial charge in [-0.05, 0) is 19.1 Å². The standard InChI is InChI=1S/C12H16N4O3S/c1-9-3-4-10(7-11(9)16(17)18)8-14-15-12(20)13-5-6-19-2/h3-4,7-8H,5-6H2,1-2H3,(H2,13,15,20)/b14-8-. The van der Waals surface area contributed by atoms with Crippen LogP contribution in [0.5, 0.6) is 0 Å². The predicted molar refractivity (Wildman–Crippen MR) is 81.0 cm³/mol. The highest BCUT2D eigenvalue weighted by Crippen LogP contribution is 2.18. The quantitative estimate of drug-likeness (QED) is 0.271. The highest BCUT2D eigenvalue weighted by atomic mass is 32.1. The van der Waals surface area contributed by atoms with Crippen molar-refractivity contribution in [2.45, 2.75) is 6.92 Å². The van der Waals surface area contributed by atoms with Gasteiger partial charge in [-0.25, -0.2) is 0 Å². The van der Waals surface area contributed by atoms with E-state index in [1.165, 1.54) is 12.3 Å². The van der Waals surface area contributed by atoms with Gasteiger partial charge in [0.15, 0.2) is 5.11 Å². The van der Waals surface area contributed by atoms with E-state index in [2.05, 4.69) is 15.8 Å². The van der Waals surface area contributed by atoms with E-state index in [0.29, 0.717) is 29.4 Å². The van der Waals surface area contributed by atoms with Crippen LogP contribution in [0.3, 0.4) is 0 Å². The number of nitro benzene ring substituents is 1. The normalized spacial score (nSPS) is 10.5. The first-order chi connectivity index (χ1) is 9.54. The second kappa shape index (κ2) is 8.18. The van der Waals surface area contributed by atoms with Crippen LogP contribution in [-0.4, -0.2) is 36.5 Å². The van der Waals surface area contributed by atoms with Gasteiger partial charge in [0.05, 0.1) is 17.7 Å². The number of nitrogens with one attached hydrogen (secondary N) is 2. The smallest absolute Gasteiger partial charge is 0.272 e. The molecule has 0 saturated heterocycles. The van der Waals surface area contributed by atoms with Crippen LogP contribution in [0.25, 0.3) is 0 Å². The van der Waals surface area contributed by atoms with Gasteiger partial charge in [-0.15, -0.1) is 0 Å². The summed E-state index contributed by atoms with van der Waals surface area (Å²) < 4.78 is 4.86. The highest BCUT2D eigenvalue weighted by Gasteiger charge is 2.09. The minimum Gasteiger partial charge on any atom is -0.383 e. The summed E-state index contributed by atoms with van der Waals surface area (Å²) in [7, 11) is 1.60. The summed E-state index contributed by atoms with van der Waals surface area (Å²) in [6.45, 7) is 2.80. The van der Waals surface area contributed by atoms with Crippen LogP contribution < -0.4 is 10.7 Å². The number of hydrazone groups is 1. The van der Waals surface area contributed by atoms with Gasteiger partial charge in [0, 0.05) is 30.8 Å². The molecule has 108 valence electrons. The fourth-order valence-electron chi connectivity index (χ4n) is 1.38. The van der Waals surface area contributed by atoms with Crippen LogP contribution in [0.2, 0.25) is 0 Å². The fraction of sp³-hybridized carbons (Fsp3) is 0.333. The molecular weight excluding hydrogens is 280 g/mol. The lowest BCUT2D eigenvalue weighted by molar-refractivity contribution is -0.385. The maximum atomic E-state index is 10.8. The number of ether oxygens (including phenoxy) is 1. The van der Waals surface area contributed by atoms with E-state index in [0.717, 1.165) is 0 Å². The summed E-state index contributed by atoms with van der Waals surface area (Å²) in [6.07, 6.45) is 1.47. The summed E-state index contributed by atoms with van der Waals surface area (Å²) in [5.74, 6) is 0. The molecule has 0 amide bonds. The van der Waals surface area contributed by atoms with Gasteiger partial charge < -0.3 is 10.1 Å². The zero-order valence-corrected chi connectivity index (χ0v) is 12.1. The third-order valence-corrected chi connectivity index (χ3v) is 2.64. The number of hydrogen-bond acceptors (Lipinski definition) is 5. The summed E-state index contributed by atoms with van der Waals surface area (Å²) >= 11 is 4.97. The van der Waals surface area contributed by atoms with Crippen LogP contribution in [0.1, 0.15) is 11.1 Å². The fourth-order valence-corrected chi connectivity index (χ4v) is 1.53. The molecule has 0 aliphatic heterocycles. The second-order valence-electron chi connectivity index (χ2n) is 3.92. The van der Waals surface area contributed by atoms with Crippen LogP contribution in [0.4, 0.5) is 5.69 Å². The molecule has 7 nitrogen and oxygen atoms in total. The second-order valence-corrected chi connectivity index (χ2v) is 4.33. The van der Waals surface area contributed by atoms with Crippen molar-refractivity contribution in [3.05, 3.63) is 39.4 Å². The summed E-state index contributed by atoms with van der Waals surface area (Å²) in [4.78, 5) is 10.4. The molecule has 0 fully saturated rings. The number of nitro groups is 1. The van der Waals surface area contributed by atoms with E-state index >= 15 is 0 Å². The summed E-state index contributed by atoms with van der Waals surface area (Å²) in [5.41, 5.74) is 3.91. The third-order valence-electron chi connectivity index (χ3n) is 2.40. The van der Waals surface area contributed by atoms with Crippen LogP contribution in [0, 0.1) is 17.0 Å². The minimum absolute atomic E-state index is 0.0646. The molecule has 0 spiro atoms. The minimum atomic E-state index is -0.420. The van der Waals surface area contributed by atoms with Crippen LogP contribution in [0.15, 0.2) is 23.3 Å². The van der Waals surface area contributed by atoms with E-state index in [-0.39, 0.29) is 5.69 Å². The van der Waals surface area contributed by atoms with Crippen molar-refractivity contribution in [3.63, 3.8) is 0 Å². The van der Waals surface area contributed by atoms with Gasteiger partial charge in [0.25, 0.3) is 5.69 Å². The average Bonchev–Trinajstić information content (AvgIpc) is 2.40. The van der Waals surface area contributed by atoms with Crippen molar-refractivity contribution in [3.8, 4) is 0 Å². The molecule has 0 aliphatic rings. The Bertz CT molecular complexity index is 519. The van der Waals surface area contributed by atoms with Crippen molar-refractivity contribution in [2.75, 3.05) is 20.3 Å². The molecule has 20 heavy (non-hydrogen) atoms. The Labute approximate surface area is 122 Å². The summed E-state index contributed by atoms with van der Waals surface area (Å²) in [5, 5.41) is 18.0. The predicted octanol–water partition coefficient (Wildman–Crippen LogP) is 1.35. The maximum Gasteiger partial charge on any atom is 0.272 e. The van der Waals surface area contributed by atoms with Crippen molar-refractivity contribution < 1.29 is 9.66 Å². The molecule has 0 heterocycles. The van der Waals surface area contributed by atoms with Gasteiger partial charge in [-0.3, -0.25) is 15.5 Å². The number of nitrogens with zero attached hydrogens (tertiary/aromatic N) is 2. The van der Waals surface area contributed by atoms with Crippen molar-refractivity contribution in [1.29, 1.82) is 0 Å². The number of benzene rings is 1. The largest absolute Gasteiger partial charge is 0.383 e. The molecule has 8 heteroatoms. The van der Waals surface area contributed by atoms with E-state index in [4.69, 9.17) is 17.0 Å². The lowest BCUT2D eigenvalue weighted by Crippen LogP contribution is -2.34. The van der Waals surface area contributed by atoms with E-state index in [1.807, 2.05) is 0 Å². The Balaban J connectivity index is 2.56. The average molecular weight is 296 g/mol. The first-order valence-corrected chi connectivity index (χ1v) is 6.26. The molecule has 0 aliphatic carbocycles. The Morgan fingerprint density at radius 2 is 2.35 bits per heavy atom. The lowest BCUT2D eigenvalue weighted by Gasteiger charge is -2.05. The monoisotopic (exact) mass is 296 g/mol. The molecule has 0 bridgehead atoms. The van der Waals surface area contributed by atoms with Gasteiger partial charge in [-0.2, -0.15) is 5.10 Å². The van der Waals surface area contributed by atoms with E-state index in [1.54, 1.807) is 26.2 Å². The van der Waals surface area contributed by atoms with Crippen molar-refractivity contribution in [2.24, 2.45) is 5.10 Å². The molecule has 0 aromatic heterocycles. The Hall–Kier alpha value is -2.06. The zero-order valence-electron chi connectivity index (χ0n) is 11.3. The molecule has 1 aromatic rings. The maximum absolute atomic E-state index is 10.8. The number of thiocarbonyl (C=S) groups is 1. The molecule has 0 atom stereocenters. The Kier molecular flexibility index (Phi) is 6.54. The van der Waals surface area contributed by atoms with Crippen LogP contribution >= 0.6 is 12.2 Å². The number of hydrogen-bond donors (Lipinski definition) is 2. The van der Waals surface area contributed by atoms with Crippen LogP contribution in [-0.2, 0) is 4.74 Å². The SMILES string of the molecule is COCCNC(=S)N/N=C\c1ccc(C)c([N+](=O)[O-])c1. The topological polar surface area (TPSA) is 88.8 Å². The zero-order chi connectivity index (χ0) is 15.0. The van der Waals surface area contributed by atoms with Gasteiger partial charge in [-0.1, -0.05) is 12.1 Å². The van der Waals surface area contributed by atoms with E-state index in [9.17, 15) is 10.1 Å². The highest BCUT2D eigenvalue weighted by molar-refractivity contribution is 7.80. The molecule has 1 aromatic carbocycles. The van der Waals surface area contributed by atoms with Gasteiger partial charge in [0.1, 0.15) is 0 Å². The Morgan fingerprint density at radius 1 is 1.60 bits per heavy atom. The van der Waals surface area contributed by atoms with Crippen molar-refractivity contribution >= 4 is 29.2 Å². The number of rotatable bonds is 6. The third kappa shape index (κ3) is 5.29. The molecule has 0 unspecified atom stereocenters. The van der Waals surface area contributed by atoms with Crippen molar-refractivity contribution in [1.82, 2.24) is 10.7 Å². The lowest BCUT2D eigenvalue weighted by atomic mass is 10.1. The molecular formula is C12H16N4O3S. The number of aryl methyl sites for hydroxylation is 1. The molecule has 0 saturated carbocycles. The molecule has 0 radical (unpaired) electrons.